The van der Waals surface area contributed by atoms with Crippen molar-refractivity contribution in [2.24, 2.45) is 0 Å². The molecular formula is C25H23N3O3S. The number of hydrogen-bond acceptors (Lipinski definition) is 6. The number of esters is 1. The zero-order valence-corrected chi connectivity index (χ0v) is 18.7. The van der Waals surface area contributed by atoms with Crippen molar-refractivity contribution in [3.05, 3.63) is 90.0 Å². The number of nitrogens with zero attached hydrogens (tertiary/aromatic N) is 3. The SMILES string of the molecule is COc1ccccc1-n1c(SCC(=O)OCc2ccccc2)nnc1-c1ccccc1C. The van der Waals surface area contributed by atoms with Crippen LogP contribution in [0.2, 0.25) is 0 Å². The molecule has 0 aliphatic carbocycles. The third-order valence-corrected chi connectivity index (χ3v) is 5.81. The first-order valence-electron chi connectivity index (χ1n) is 10.1. The van der Waals surface area contributed by atoms with Gasteiger partial charge in [0.2, 0.25) is 0 Å². The van der Waals surface area contributed by atoms with Crippen LogP contribution in [-0.4, -0.2) is 33.6 Å². The summed E-state index contributed by atoms with van der Waals surface area (Å²) < 4.78 is 12.9. The summed E-state index contributed by atoms with van der Waals surface area (Å²) in [6.45, 7) is 2.28. The van der Waals surface area contributed by atoms with Gasteiger partial charge in [-0.1, -0.05) is 78.5 Å². The quantitative estimate of drug-likeness (QED) is 0.278. The van der Waals surface area contributed by atoms with Crippen molar-refractivity contribution < 1.29 is 14.3 Å². The Morgan fingerprint density at radius 2 is 1.66 bits per heavy atom. The third kappa shape index (κ3) is 4.84. The maximum atomic E-state index is 12.4. The molecule has 0 radical (unpaired) electrons. The van der Waals surface area contributed by atoms with Gasteiger partial charge in [0, 0.05) is 5.56 Å². The number of methoxy groups -OCH3 is 1. The lowest BCUT2D eigenvalue weighted by Crippen LogP contribution is -2.09. The first-order valence-corrected chi connectivity index (χ1v) is 11.1. The van der Waals surface area contributed by atoms with Gasteiger partial charge in [-0.3, -0.25) is 9.36 Å². The zero-order valence-electron chi connectivity index (χ0n) is 17.9. The predicted octanol–water partition coefficient (Wildman–Crippen LogP) is 5.09. The van der Waals surface area contributed by atoms with Gasteiger partial charge in [-0.25, -0.2) is 0 Å². The van der Waals surface area contributed by atoms with E-state index < -0.39 is 0 Å². The van der Waals surface area contributed by atoms with Crippen LogP contribution in [0.25, 0.3) is 17.1 Å². The molecule has 32 heavy (non-hydrogen) atoms. The maximum absolute atomic E-state index is 12.4. The first kappa shape index (κ1) is 21.6. The minimum absolute atomic E-state index is 0.119. The van der Waals surface area contributed by atoms with Gasteiger partial charge in [0.1, 0.15) is 12.4 Å². The number of rotatable bonds is 8. The van der Waals surface area contributed by atoms with Crippen molar-refractivity contribution in [3.8, 4) is 22.8 Å². The van der Waals surface area contributed by atoms with Gasteiger partial charge in [-0.2, -0.15) is 0 Å². The van der Waals surface area contributed by atoms with Crippen molar-refractivity contribution in [2.45, 2.75) is 18.7 Å². The lowest BCUT2D eigenvalue weighted by atomic mass is 10.1. The molecule has 162 valence electrons. The number of hydrogen-bond donors (Lipinski definition) is 0. The van der Waals surface area contributed by atoms with Gasteiger partial charge in [-0.15, -0.1) is 10.2 Å². The summed E-state index contributed by atoms with van der Waals surface area (Å²) in [5.41, 5.74) is 3.79. The highest BCUT2D eigenvalue weighted by molar-refractivity contribution is 7.99. The van der Waals surface area contributed by atoms with Crippen LogP contribution in [0.1, 0.15) is 11.1 Å². The number of benzene rings is 3. The fourth-order valence-corrected chi connectivity index (χ4v) is 4.04. The highest BCUT2D eigenvalue weighted by Crippen LogP contribution is 2.33. The van der Waals surface area contributed by atoms with E-state index >= 15 is 0 Å². The summed E-state index contributed by atoms with van der Waals surface area (Å²) >= 11 is 1.28. The van der Waals surface area contributed by atoms with Crippen LogP contribution in [-0.2, 0) is 16.1 Å². The number of aromatic nitrogens is 3. The van der Waals surface area contributed by atoms with Gasteiger partial charge in [0.25, 0.3) is 0 Å². The second kappa shape index (κ2) is 10.2. The van der Waals surface area contributed by atoms with Crippen molar-refractivity contribution in [3.63, 3.8) is 0 Å². The van der Waals surface area contributed by atoms with Crippen molar-refractivity contribution in [1.29, 1.82) is 0 Å². The molecule has 0 aliphatic heterocycles. The summed E-state index contributed by atoms with van der Waals surface area (Å²) in [4.78, 5) is 12.4. The second-order valence-electron chi connectivity index (χ2n) is 7.06. The van der Waals surface area contributed by atoms with E-state index in [0.29, 0.717) is 16.7 Å². The number of carbonyl (C=O) groups excluding carboxylic acids is 1. The molecule has 0 bridgehead atoms. The Hall–Kier alpha value is -3.58. The highest BCUT2D eigenvalue weighted by Gasteiger charge is 2.20. The molecule has 3 aromatic carbocycles. The molecule has 0 saturated carbocycles. The van der Waals surface area contributed by atoms with Gasteiger partial charge >= 0.3 is 5.97 Å². The van der Waals surface area contributed by atoms with Crippen LogP contribution in [0.5, 0.6) is 5.75 Å². The lowest BCUT2D eigenvalue weighted by Gasteiger charge is -2.14. The van der Waals surface area contributed by atoms with Crippen molar-refractivity contribution >= 4 is 17.7 Å². The fraction of sp³-hybridized carbons (Fsp3) is 0.160. The Kier molecular flexibility index (Phi) is 6.87. The molecule has 0 fully saturated rings. The standard InChI is InChI=1S/C25H23N3O3S/c1-18-10-6-7-13-20(18)24-26-27-25(28(24)21-14-8-9-15-22(21)30-2)32-17-23(29)31-16-19-11-4-3-5-12-19/h3-15H,16-17H2,1-2H3. The summed E-state index contributed by atoms with van der Waals surface area (Å²) in [5, 5.41) is 9.43. The average Bonchev–Trinajstić information content (AvgIpc) is 3.25. The van der Waals surface area contributed by atoms with Crippen LogP contribution in [0, 0.1) is 6.92 Å². The normalized spacial score (nSPS) is 10.7. The maximum Gasteiger partial charge on any atom is 0.316 e. The monoisotopic (exact) mass is 445 g/mol. The van der Waals surface area contributed by atoms with Crippen molar-refractivity contribution in [2.75, 3.05) is 12.9 Å². The molecule has 6 nitrogen and oxygen atoms in total. The summed E-state index contributed by atoms with van der Waals surface area (Å²) in [6, 6.07) is 25.3. The molecule has 0 aliphatic rings. The lowest BCUT2D eigenvalue weighted by molar-refractivity contribution is -0.141. The summed E-state index contributed by atoms with van der Waals surface area (Å²) in [7, 11) is 1.63. The fourth-order valence-electron chi connectivity index (χ4n) is 3.30. The van der Waals surface area contributed by atoms with Crippen LogP contribution in [0.4, 0.5) is 0 Å². The van der Waals surface area contributed by atoms with Crippen LogP contribution >= 0.6 is 11.8 Å². The molecule has 0 N–H and O–H groups in total. The van der Waals surface area contributed by atoms with E-state index in [0.717, 1.165) is 22.4 Å². The molecule has 0 unspecified atom stereocenters. The third-order valence-electron chi connectivity index (χ3n) is 4.91. The molecule has 0 atom stereocenters. The smallest absolute Gasteiger partial charge is 0.316 e. The molecule has 4 aromatic rings. The Morgan fingerprint density at radius 3 is 2.44 bits per heavy atom. The largest absolute Gasteiger partial charge is 0.495 e. The van der Waals surface area contributed by atoms with E-state index in [4.69, 9.17) is 9.47 Å². The van der Waals surface area contributed by atoms with E-state index in [1.165, 1.54) is 11.8 Å². The van der Waals surface area contributed by atoms with Gasteiger partial charge < -0.3 is 9.47 Å². The number of ether oxygens (including phenoxy) is 2. The Balaban J connectivity index is 1.61. The molecule has 7 heteroatoms. The van der Waals surface area contributed by atoms with Crippen LogP contribution < -0.4 is 4.74 Å². The van der Waals surface area contributed by atoms with E-state index in [2.05, 4.69) is 10.2 Å². The second-order valence-corrected chi connectivity index (χ2v) is 8.01. The molecule has 1 heterocycles. The highest BCUT2D eigenvalue weighted by atomic mass is 32.2. The molecule has 1 aromatic heterocycles. The van der Waals surface area contributed by atoms with E-state index in [-0.39, 0.29) is 18.3 Å². The Labute approximate surface area is 191 Å². The molecule has 0 saturated heterocycles. The van der Waals surface area contributed by atoms with Gasteiger partial charge in [0.05, 0.1) is 18.6 Å². The van der Waals surface area contributed by atoms with Crippen LogP contribution in [0.3, 0.4) is 0 Å². The van der Waals surface area contributed by atoms with Crippen LogP contribution in [0.15, 0.2) is 84.0 Å². The average molecular weight is 446 g/mol. The van der Waals surface area contributed by atoms with E-state index in [9.17, 15) is 4.79 Å². The first-order chi connectivity index (χ1) is 15.7. The Morgan fingerprint density at radius 1 is 0.938 bits per heavy atom. The van der Waals surface area contributed by atoms with E-state index in [1.807, 2.05) is 90.4 Å². The van der Waals surface area contributed by atoms with Crippen molar-refractivity contribution in [1.82, 2.24) is 14.8 Å². The minimum Gasteiger partial charge on any atom is -0.495 e. The number of carbonyl (C=O) groups is 1. The number of thioether (sulfide) groups is 1. The molecular weight excluding hydrogens is 422 g/mol. The molecule has 0 amide bonds. The zero-order chi connectivity index (χ0) is 22.3. The summed E-state index contributed by atoms with van der Waals surface area (Å²) in [5.74, 6) is 1.18. The molecule has 4 rings (SSSR count). The van der Waals surface area contributed by atoms with Gasteiger partial charge in [-0.05, 0) is 30.2 Å². The number of para-hydroxylation sites is 2. The van der Waals surface area contributed by atoms with E-state index in [1.54, 1.807) is 7.11 Å². The number of aryl methyl sites for hydroxylation is 1. The topological polar surface area (TPSA) is 66.2 Å². The minimum atomic E-state index is -0.314. The van der Waals surface area contributed by atoms with Gasteiger partial charge in [0.15, 0.2) is 11.0 Å². The Bertz CT molecular complexity index is 1210. The molecule has 0 spiro atoms. The summed E-state index contributed by atoms with van der Waals surface area (Å²) in [6.07, 6.45) is 0. The predicted molar refractivity (Wildman–Crippen MR) is 125 cm³/mol.